The summed E-state index contributed by atoms with van der Waals surface area (Å²) < 4.78 is 7.64. The van der Waals surface area contributed by atoms with E-state index < -0.39 is 0 Å². The molecule has 1 aliphatic rings. The maximum absolute atomic E-state index is 6.34. The van der Waals surface area contributed by atoms with Crippen LogP contribution < -0.4 is 5.73 Å². The first-order chi connectivity index (χ1) is 12.7. The van der Waals surface area contributed by atoms with E-state index >= 15 is 0 Å². The third kappa shape index (κ3) is 5.00. The third-order valence-electron chi connectivity index (χ3n) is 5.22. The summed E-state index contributed by atoms with van der Waals surface area (Å²) in [5.74, 6) is 2.00. The molecule has 8 heteroatoms. The zero-order chi connectivity index (χ0) is 19.8. The summed E-state index contributed by atoms with van der Waals surface area (Å²) in [7, 11) is 1.73. The fourth-order valence-electron chi connectivity index (χ4n) is 3.72. The van der Waals surface area contributed by atoms with Crippen LogP contribution in [0.25, 0.3) is 0 Å². The zero-order valence-corrected chi connectivity index (χ0v) is 19.1. The zero-order valence-electron chi connectivity index (χ0n) is 16.8. The number of benzene rings is 1. The number of ether oxygens (including phenoxy) is 1. The number of methoxy groups -OCH3 is 1. The van der Waals surface area contributed by atoms with Crippen molar-refractivity contribution in [2.45, 2.75) is 70.1 Å². The van der Waals surface area contributed by atoms with Crippen molar-refractivity contribution < 1.29 is 4.74 Å². The lowest BCUT2D eigenvalue weighted by Crippen LogP contribution is -2.41. The molecule has 1 fully saturated rings. The minimum absolute atomic E-state index is 0. The molecule has 0 unspecified atom stereocenters. The molecule has 28 heavy (non-hydrogen) atoms. The largest absolute Gasteiger partial charge is 0.380 e. The number of hydrogen-bond acceptors (Lipinski definition) is 4. The van der Waals surface area contributed by atoms with Crippen LogP contribution in [0.3, 0.4) is 0 Å². The molecular formula is C20H29Cl3N4O. The lowest BCUT2D eigenvalue weighted by Gasteiger charge is -2.34. The molecule has 2 N–H and O–H groups in total. The Balaban J connectivity index is 0.00000280. The Morgan fingerprint density at radius 2 is 1.86 bits per heavy atom. The van der Waals surface area contributed by atoms with Crippen molar-refractivity contribution in [2.24, 2.45) is 5.73 Å². The highest BCUT2D eigenvalue weighted by molar-refractivity contribution is 6.36. The van der Waals surface area contributed by atoms with Gasteiger partial charge in [0.25, 0.3) is 0 Å². The smallest absolute Gasteiger partial charge is 0.155 e. The molecule has 0 aliphatic heterocycles. The Morgan fingerprint density at radius 3 is 2.43 bits per heavy atom. The van der Waals surface area contributed by atoms with Crippen molar-refractivity contribution in [3.05, 3.63) is 45.5 Å². The Labute approximate surface area is 183 Å². The van der Waals surface area contributed by atoms with E-state index in [1.54, 1.807) is 7.11 Å². The van der Waals surface area contributed by atoms with Crippen molar-refractivity contribution in [3.8, 4) is 0 Å². The molecule has 156 valence electrons. The molecule has 1 aromatic carbocycles. The Bertz CT molecular complexity index is 783. The molecule has 0 spiro atoms. The monoisotopic (exact) mass is 446 g/mol. The predicted molar refractivity (Wildman–Crippen MR) is 117 cm³/mol. The van der Waals surface area contributed by atoms with Crippen LogP contribution in [-0.4, -0.2) is 34.0 Å². The van der Waals surface area contributed by atoms with Gasteiger partial charge >= 0.3 is 0 Å². The number of hydrogen-bond donors (Lipinski definition) is 1. The number of rotatable bonds is 4. The number of nitrogens with two attached hydrogens (primary N) is 1. The Morgan fingerprint density at radius 1 is 1.21 bits per heavy atom. The van der Waals surface area contributed by atoms with Crippen LogP contribution in [0.1, 0.15) is 63.2 Å². The Kier molecular flexibility index (Phi) is 7.79. The third-order valence-corrected chi connectivity index (χ3v) is 5.93. The number of aromatic nitrogens is 3. The van der Waals surface area contributed by atoms with E-state index in [1.165, 1.54) is 0 Å². The number of nitrogens with zero attached hydrogens (tertiary/aromatic N) is 3. The van der Waals surface area contributed by atoms with Gasteiger partial charge in [-0.25, -0.2) is 9.67 Å². The van der Waals surface area contributed by atoms with Crippen LogP contribution >= 0.6 is 35.6 Å². The van der Waals surface area contributed by atoms with Gasteiger partial charge in [-0.1, -0.05) is 29.3 Å². The maximum Gasteiger partial charge on any atom is 0.155 e. The van der Waals surface area contributed by atoms with Gasteiger partial charge < -0.3 is 10.5 Å². The first-order valence-electron chi connectivity index (χ1n) is 9.38. The van der Waals surface area contributed by atoms with Crippen LogP contribution in [0.2, 0.25) is 10.0 Å². The lowest BCUT2D eigenvalue weighted by atomic mass is 9.83. The summed E-state index contributed by atoms with van der Waals surface area (Å²) in [4.78, 5) is 4.91. The molecule has 1 aliphatic carbocycles. The lowest BCUT2D eigenvalue weighted by molar-refractivity contribution is 0.0449. The maximum atomic E-state index is 6.34. The SMILES string of the molecule is CO[C@H]1C[C@@H](c2nc(Cc3c(Cl)cccc3Cl)nn2C(C)(C)C)CC[C@@H]1N.Cl. The molecule has 3 atom stereocenters. The highest BCUT2D eigenvalue weighted by Crippen LogP contribution is 2.35. The Hall–Kier alpha value is -0.850. The summed E-state index contributed by atoms with van der Waals surface area (Å²) in [5.41, 5.74) is 6.88. The van der Waals surface area contributed by atoms with Crippen LogP contribution in [0.5, 0.6) is 0 Å². The molecule has 1 aromatic heterocycles. The van der Waals surface area contributed by atoms with E-state index in [2.05, 4.69) is 20.8 Å². The van der Waals surface area contributed by atoms with Crippen molar-refractivity contribution in [2.75, 3.05) is 7.11 Å². The molecule has 3 rings (SSSR count). The highest BCUT2D eigenvalue weighted by Gasteiger charge is 2.34. The van der Waals surface area contributed by atoms with Crippen molar-refractivity contribution in [1.82, 2.24) is 14.8 Å². The molecular weight excluding hydrogens is 419 g/mol. The van der Waals surface area contributed by atoms with E-state index in [4.69, 9.17) is 43.8 Å². The fraction of sp³-hybridized carbons (Fsp3) is 0.600. The van der Waals surface area contributed by atoms with Gasteiger partial charge in [0, 0.05) is 35.5 Å². The minimum Gasteiger partial charge on any atom is -0.380 e. The molecule has 1 saturated carbocycles. The summed E-state index contributed by atoms with van der Waals surface area (Å²) in [5, 5.41) is 6.10. The first-order valence-corrected chi connectivity index (χ1v) is 10.1. The van der Waals surface area contributed by atoms with Gasteiger partial charge in [0.05, 0.1) is 11.6 Å². The van der Waals surface area contributed by atoms with E-state index in [9.17, 15) is 0 Å². The molecule has 0 saturated heterocycles. The average molecular weight is 448 g/mol. The standard InChI is InChI=1S/C20H28Cl2N4O.ClH/c1-20(2,3)26-19(12-8-9-16(23)17(10-12)27-4)24-18(25-26)11-13-14(21)6-5-7-15(13)22;/h5-7,12,16-17H,8-11,23H2,1-4H3;1H/t12-,16-,17-;/m0./s1. The summed E-state index contributed by atoms with van der Waals surface area (Å²) in [6.45, 7) is 6.42. The van der Waals surface area contributed by atoms with Crippen LogP contribution in [0.15, 0.2) is 18.2 Å². The first kappa shape index (κ1) is 23.4. The fourth-order valence-corrected chi connectivity index (χ4v) is 4.25. The quantitative estimate of drug-likeness (QED) is 0.719. The van der Waals surface area contributed by atoms with Gasteiger partial charge in [0.1, 0.15) is 5.82 Å². The topological polar surface area (TPSA) is 66.0 Å². The van der Waals surface area contributed by atoms with E-state index in [0.717, 1.165) is 36.5 Å². The minimum atomic E-state index is -0.174. The number of halogens is 3. The van der Waals surface area contributed by atoms with Crippen molar-refractivity contribution in [1.29, 1.82) is 0 Å². The van der Waals surface area contributed by atoms with Gasteiger partial charge in [0.15, 0.2) is 5.82 Å². The molecule has 0 bridgehead atoms. The molecule has 0 amide bonds. The van der Waals surface area contributed by atoms with E-state index in [1.807, 2.05) is 22.9 Å². The highest BCUT2D eigenvalue weighted by atomic mass is 35.5. The van der Waals surface area contributed by atoms with Gasteiger partial charge in [0.2, 0.25) is 0 Å². The van der Waals surface area contributed by atoms with Crippen LogP contribution in [-0.2, 0) is 16.7 Å². The second kappa shape index (κ2) is 9.31. The second-order valence-electron chi connectivity index (χ2n) is 8.29. The van der Waals surface area contributed by atoms with Gasteiger partial charge in [-0.3, -0.25) is 0 Å². The van der Waals surface area contributed by atoms with Gasteiger partial charge in [-0.05, 0) is 57.7 Å². The predicted octanol–water partition coefficient (Wildman–Crippen LogP) is 4.96. The van der Waals surface area contributed by atoms with E-state index in [0.29, 0.717) is 16.5 Å². The second-order valence-corrected chi connectivity index (χ2v) is 9.11. The van der Waals surface area contributed by atoms with E-state index in [-0.39, 0.29) is 36.0 Å². The van der Waals surface area contributed by atoms with Crippen molar-refractivity contribution >= 4 is 35.6 Å². The normalized spacial score (nSPS) is 22.8. The molecule has 0 radical (unpaired) electrons. The molecule has 1 heterocycles. The van der Waals surface area contributed by atoms with Crippen LogP contribution in [0, 0.1) is 0 Å². The van der Waals surface area contributed by atoms with Crippen molar-refractivity contribution in [3.63, 3.8) is 0 Å². The molecule has 2 aromatic rings. The average Bonchev–Trinajstić information content (AvgIpc) is 3.03. The van der Waals surface area contributed by atoms with Gasteiger partial charge in [-0.2, -0.15) is 5.10 Å². The van der Waals surface area contributed by atoms with Gasteiger partial charge in [-0.15, -0.1) is 12.4 Å². The summed E-state index contributed by atoms with van der Waals surface area (Å²) in [6.07, 6.45) is 3.33. The molecule has 5 nitrogen and oxygen atoms in total. The van der Waals surface area contributed by atoms with Crippen LogP contribution in [0.4, 0.5) is 0 Å². The summed E-state index contributed by atoms with van der Waals surface area (Å²) in [6, 6.07) is 5.61. The summed E-state index contributed by atoms with van der Waals surface area (Å²) >= 11 is 12.7.